The lowest BCUT2D eigenvalue weighted by Gasteiger charge is -2.24. The lowest BCUT2D eigenvalue weighted by atomic mass is 10.1. The second-order valence-electron chi connectivity index (χ2n) is 7.29. The van der Waals surface area contributed by atoms with E-state index in [1.807, 2.05) is 27.9 Å². The average molecular weight is 377 g/mol. The Bertz CT molecular complexity index is 934. The van der Waals surface area contributed by atoms with E-state index in [9.17, 15) is 4.79 Å². The number of fused-ring (bicyclic) bond motifs is 2. The number of H-pyrrole nitrogens is 1. The van der Waals surface area contributed by atoms with Gasteiger partial charge in [-0.3, -0.25) is 14.3 Å². The van der Waals surface area contributed by atoms with Gasteiger partial charge in [0.2, 0.25) is 5.95 Å². The molecule has 11 heteroatoms. The second kappa shape index (κ2) is 6.37. The zero-order valence-electron chi connectivity index (χ0n) is 15.6. The highest BCUT2D eigenvalue weighted by Crippen LogP contribution is 2.43. The number of ether oxygens (including phenoxy) is 3. The Kier molecular flexibility index (Phi) is 4.26. The van der Waals surface area contributed by atoms with Gasteiger partial charge in [0.25, 0.3) is 5.56 Å². The van der Waals surface area contributed by atoms with E-state index in [0.29, 0.717) is 5.65 Å². The Hall–Kier alpha value is -2.34. The van der Waals surface area contributed by atoms with Gasteiger partial charge in [-0.15, -0.1) is 0 Å². The van der Waals surface area contributed by atoms with Crippen LogP contribution in [-0.4, -0.2) is 75.5 Å². The molecule has 2 aliphatic heterocycles. The summed E-state index contributed by atoms with van der Waals surface area (Å²) in [5, 5.41) is 0. The molecule has 11 nitrogen and oxygen atoms in total. The quantitative estimate of drug-likeness (QED) is 0.549. The average Bonchev–Trinajstić information content (AvgIpc) is 3.23. The number of hydrogen-bond acceptors (Lipinski definition) is 8. The fraction of sp³-hybridized carbons (Fsp3) is 0.625. The summed E-state index contributed by atoms with van der Waals surface area (Å²) in [5.74, 6) is -0.565. The molecule has 4 unspecified atom stereocenters. The van der Waals surface area contributed by atoms with E-state index in [2.05, 4.69) is 19.9 Å². The minimum absolute atomic E-state index is 0.178. The van der Waals surface area contributed by atoms with Gasteiger partial charge in [0, 0.05) is 20.6 Å². The summed E-state index contributed by atoms with van der Waals surface area (Å²) in [5.41, 5.74) is 6.03. The Balaban J connectivity index is 1.76. The van der Waals surface area contributed by atoms with Crippen LogP contribution in [0.2, 0.25) is 0 Å². The van der Waals surface area contributed by atoms with Crippen molar-refractivity contribution in [3.63, 3.8) is 0 Å². The zero-order chi connectivity index (χ0) is 19.3. The first kappa shape index (κ1) is 18.0. The number of aliphatic imine (C=N–C) groups is 1. The summed E-state index contributed by atoms with van der Waals surface area (Å²) in [6, 6.07) is 0. The van der Waals surface area contributed by atoms with Gasteiger partial charge in [0.05, 0.1) is 12.7 Å². The summed E-state index contributed by atoms with van der Waals surface area (Å²) in [4.78, 5) is 29.5. The van der Waals surface area contributed by atoms with E-state index in [4.69, 9.17) is 19.9 Å². The molecule has 0 aromatic carbocycles. The maximum atomic E-state index is 12.3. The van der Waals surface area contributed by atoms with Gasteiger partial charge < -0.3 is 24.8 Å². The van der Waals surface area contributed by atoms with Crippen molar-refractivity contribution >= 4 is 23.5 Å². The van der Waals surface area contributed by atoms with Crippen molar-refractivity contribution in [2.45, 2.75) is 44.2 Å². The van der Waals surface area contributed by atoms with Gasteiger partial charge in [-0.05, 0) is 13.8 Å². The highest BCUT2D eigenvalue weighted by Gasteiger charge is 2.55. The third kappa shape index (κ3) is 3.12. The summed E-state index contributed by atoms with van der Waals surface area (Å²) in [7, 11) is 3.64. The molecule has 146 valence electrons. The van der Waals surface area contributed by atoms with E-state index in [1.165, 1.54) is 6.33 Å². The molecule has 3 N–H and O–H groups in total. The van der Waals surface area contributed by atoms with Crippen LogP contribution in [0.5, 0.6) is 0 Å². The molecular weight excluding hydrogens is 354 g/mol. The number of nitrogens with two attached hydrogens (primary N) is 1. The fourth-order valence-corrected chi connectivity index (χ4v) is 3.40. The Morgan fingerprint density at radius 1 is 1.41 bits per heavy atom. The molecule has 4 atom stereocenters. The first-order chi connectivity index (χ1) is 12.8. The Morgan fingerprint density at radius 3 is 2.85 bits per heavy atom. The maximum Gasteiger partial charge on any atom is 0.280 e. The van der Waals surface area contributed by atoms with E-state index in [1.54, 1.807) is 15.8 Å². The summed E-state index contributed by atoms with van der Waals surface area (Å²) in [6.07, 6.45) is 1.49. The number of aromatic amines is 1. The summed E-state index contributed by atoms with van der Waals surface area (Å²) >= 11 is 0. The topological polar surface area (TPSA) is 133 Å². The molecule has 0 spiro atoms. The normalized spacial score (nSPS) is 29.7. The highest BCUT2D eigenvalue weighted by atomic mass is 16.8. The lowest BCUT2D eigenvalue weighted by Crippen LogP contribution is -2.34. The van der Waals surface area contributed by atoms with Gasteiger partial charge in [0.1, 0.15) is 18.3 Å². The Morgan fingerprint density at radius 2 is 2.15 bits per heavy atom. The first-order valence-electron chi connectivity index (χ1n) is 8.68. The van der Waals surface area contributed by atoms with E-state index in [0.717, 1.165) is 0 Å². The number of hydrogen-bond donors (Lipinski definition) is 2. The third-order valence-electron chi connectivity index (χ3n) is 4.46. The maximum absolute atomic E-state index is 12.3. The van der Waals surface area contributed by atoms with Crippen molar-refractivity contribution < 1.29 is 14.2 Å². The van der Waals surface area contributed by atoms with Crippen molar-refractivity contribution in [2.75, 3.05) is 20.6 Å². The van der Waals surface area contributed by atoms with Gasteiger partial charge in [-0.25, -0.2) is 9.98 Å². The number of aromatic nitrogens is 4. The van der Waals surface area contributed by atoms with Crippen LogP contribution >= 0.6 is 0 Å². The van der Waals surface area contributed by atoms with Crippen molar-refractivity contribution in [1.82, 2.24) is 24.4 Å². The molecular formula is C16H23N7O4. The summed E-state index contributed by atoms with van der Waals surface area (Å²) in [6.45, 7) is 3.98. The Labute approximate surface area is 155 Å². The molecule has 4 rings (SSSR count). The molecule has 0 saturated carbocycles. The monoisotopic (exact) mass is 377 g/mol. The number of nitrogens with zero attached hydrogens (tertiary/aromatic N) is 5. The summed E-state index contributed by atoms with van der Waals surface area (Å²) < 4.78 is 19.7. The molecule has 2 fully saturated rings. The van der Waals surface area contributed by atoms with Gasteiger partial charge in [-0.2, -0.15) is 4.98 Å². The predicted molar refractivity (Wildman–Crippen MR) is 96.8 cm³/mol. The van der Waals surface area contributed by atoms with Crippen molar-refractivity contribution in [1.29, 1.82) is 0 Å². The molecule has 0 bridgehead atoms. The molecule has 4 heterocycles. The highest BCUT2D eigenvalue weighted by molar-refractivity contribution is 5.71. The van der Waals surface area contributed by atoms with Crippen molar-refractivity contribution in [3.05, 3.63) is 16.7 Å². The molecule has 2 aromatic rings. The molecule has 0 amide bonds. The minimum atomic E-state index is -0.743. The van der Waals surface area contributed by atoms with Gasteiger partial charge in [-0.1, -0.05) is 0 Å². The molecule has 0 radical (unpaired) electrons. The van der Waals surface area contributed by atoms with Crippen LogP contribution in [0.3, 0.4) is 0 Å². The van der Waals surface area contributed by atoms with Crippen LogP contribution in [0, 0.1) is 0 Å². The SMILES string of the molecule is CN(C)/C=N/c1nc2c(ncn2C2OC(CN)C3OC(C)(C)OC32)c(=O)[nH]1. The molecule has 2 saturated heterocycles. The van der Waals surface area contributed by atoms with Crippen LogP contribution in [-0.2, 0) is 14.2 Å². The van der Waals surface area contributed by atoms with Crippen molar-refractivity contribution in [2.24, 2.45) is 10.7 Å². The van der Waals surface area contributed by atoms with Crippen LogP contribution in [0.15, 0.2) is 16.1 Å². The van der Waals surface area contributed by atoms with Gasteiger partial charge in [0.15, 0.2) is 23.2 Å². The predicted octanol–water partition coefficient (Wildman–Crippen LogP) is -0.283. The second-order valence-corrected chi connectivity index (χ2v) is 7.29. The van der Waals surface area contributed by atoms with E-state index in [-0.39, 0.29) is 41.9 Å². The molecule has 0 aliphatic carbocycles. The first-order valence-corrected chi connectivity index (χ1v) is 8.68. The standard InChI is InChI=1S/C16H23N7O4/c1-16(2)26-10-8(5-17)25-14(11(10)27-16)23-7-18-9-12(23)20-15(21-13(9)24)19-6-22(3)4/h6-8,10-11,14H,5,17H2,1-4H3,(H,20,21,24)/b19-6+. The number of imidazole rings is 1. The third-order valence-corrected chi connectivity index (χ3v) is 4.46. The van der Waals surface area contributed by atoms with Crippen molar-refractivity contribution in [3.8, 4) is 0 Å². The lowest BCUT2D eigenvalue weighted by molar-refractivity contribution is -0.195. The van der Waals surface area contributed by atoms with Crippen LogP contribution in [0.4, 0.5) is 5.95 Å². The molecule has 2 aromatic heterocycles. The zero-order valence-corrected chi connectivity index (χ0v) is 15.6. The van der Waals surface area contributed by atoms with E-state index < -0.39 is 12.0 Å². The molecule has 27 heavy (non-hydrogen) atoms. The number of nitrogens with one attached hydrogen (secondary N) is 1. The number of rotatable bonds is 4. The largest absolute Gasteiger partial charge is 0.369 e. The van der Waals surface area contributed by atoms with Crippen LogP contribution in [0.25, 0.3) is 11.2 Å². The fourth-order valence-electron chi connectivity index (χ4n) is 3.40. The van der Waals surface area contributed by atoms with Crippen LogP contribution in [0.1, 0.15) is 20.1 Å². The minimum Gasteiger partial charge on any atom is -0.369 e. The smallest absolute Gasteiger partial charge is 0.280 e. The van der Waals surface area contributed by atoms with Gasteiger partial charge >= 0.3 is 0 Å². The van der Waals surface area contributed by atoms with Crippen LogP contribution < -0.4 is 11.3 Å². The molecule has 2 aliphatic rings. The van der Waals surface area contributed by atoms with E-state index >= 15 is 0 Å².